The SMILES string of the molecule is CCN(C)Cc1ccc(OC)c2c1C1C=C[C@H](O)C[C@@H]1O2. The Bertz CT molecular complexity index is 555. The fourth-order valence-corrected chi connectivity index (χ4v) is 3.20. The average molecular weight is 289 g/mol. The Morgan fingerprint density at radius 2 is 2.19 bits per heavy atom. The van der Waals surface area contributed by atoms with Crippen molar-refractivity contribution in [2.24, 2.45) is 0 Å². The van der Waals surface area contributed by atoms with Gasteiger partial charge < -0.3 is 19.5 Å². The van der Waals surface area contributed by atoms with Gasteiger partial charge in [-0.05, 0) is 25.2 Å². The van der Waals surface area contributed by atoms with Crippen molar-refractivity contribution in [3.05, 3.63) is 35.4 Å². The van der Waals surface area contributed by atoms with Crippen LogP contribution in [0.25, 0.3) is 0 Å². The van der Waals surface area contributed by atoms with Crippen LogP contribution in [0, 0.1) is 0 Å². The molecule has 4 heteroatoms. The zero-order valence-electron chi connectivity index (χ0n) is 12.9. The minimum atomic E-state index is -0.409. The van der Waals surface area contributed by atoms with Gasteiger partial charge in [-0.15, -0.1) is 0 Å². The van der Waals surface area contributed by atoms with Crippen molar-refractivity contribution in [1.29, 1.82) is 0 Å². The Hall–Kier alpha value is -1.52. The van der Waals surface area contributed by atoms with E-state index in [-0.39, 0.29) is 12.0 Å². The van der Waals surface area contributed by atoms with Gasteiger partial charge in [0.05, 0.1) is 13.2 Å². The fraction of sp³-hybridized carbons (Fsp3) is 0.529. The number of hydrogen-bond acceptors (Lipinski definition) is 4. The standard InChI is InChI=1S/C17H23NO3/c1-4-18(2)10-11-5-8-14(20-3)17-16(11)13-7-6-12(19)9-15(13)21-17/h5-8,12-13,15,19H,4,9-10H2,1-3H3/t12-,13?,15-/m0/s1. The Labute approximate surface area is 126 Å². The molecule has 1 unspecified atom stereocenters. The summed E-state index contributed by atoms with van der Waals surface area (Å²) in [5.74, 6) is 1.86. The van der Waals surface area contributed by atoms with Crippen LogP contribution in [0.1, 0.15) is 30.4 Å². The summed E-state index contributed by atoms with van der Waals surface area (Å²) in [7, 11) is 3.79. The number of hydrogen-bond donors (Lipinski definition) is 1. The van der Waals surface area contributed by atoms with Gasteiger partial charge in [0.1, 0.15) is 6.10 Å². The maximum absolute atomic E-state index is 9.81. The molecule has 1 heterocycles. The van der Waals surface area contributed by atoms with Crippen molar-refractivity contribution in [2.75, 3.05) is 20.7 Å². The second-order valence-electron chi connectivity index (χ2n) is 5.87. The molecule has 0 amide bonds. The normalized spacial score (nSPS) is 26.4. The molecule has 3 rings (SSSR count). The molecular formula is C17H23NO3. The van der Waals surface area contributed by atoms with E-state index in [9.17, 15) is 5.11 Å². The van der Waals surface area contributed by atoms with Crippen molar-refractivity contribution in [3.63, 3.8) is 0 Å². The number of benzene rings is 1. The number of rotatable bonds is 4. The molecule has 0 fully saturated rings. The zero-order valence-corrected chi connectivity index (χ0v) is 12.9. The van der Waals surface area contributed by atoms with Crippen LogP contribution in [-0.2, 0) is 6.54 Å². The van der Waals surface area contributed by atoms with E-state index in [1.165, 1.54) is 11.1 Å². The van der Waals surface area contributed by atoms with E-state index in [0.717, 1.165) is 24.6 Å². The molecule has 4 nitrogen and oxygen atoms in total. The van der Waals surface area contributed by atoms with E-state index in [1.54, 1.807) is 7.11 Å². The van der Waals surface area contributed by atoms with Gasteiger partial charge in [0, 0.05) is 24.4 Å². The van der Waals surface area contributed by atoms with Crippen molar-refractivity contribution < 1.29 is 14.6 Å². The molecule has 0 spiro atoms. The molecule has 0 bridgehead atoms. The highest BCUT2D eigenvalue weighted by molar-refractivity contribution is 5.57. The van der Waals surface area contributed by atoms with Crippen LogP contribution in [-0.4, -0.2) is 42.9 Å². The van der Waals surface area contributed by atoms with Gasteiger partial charge in [-0.1, -0.05) is 25.1 Å². The zero-order chi connectivity index (χ0) is 15.0. The van der Waals surface area contributed by atoms with Crippen molar-refractivity contribution in [3.8, 4) is 11.5 Å². The molecule has 21 heavy (non-hydrogen) atoms. The van der Waals surface area contributed by atoms with Gasteiger partial charge in [-0.25, -0.2) is 0 Å². The summed E-state index contributed by atoms with van der Waals surface area (Å²) in [6, 6.07) is 4.11. The topological polar surface area (TPSA) is 41.9 Å². The molecule has 3 atom stereocenters. The lowest BCUT2D eigenvalue weighted by molar-refractivity contribution is 0.117. The molecule has 1 aliphatic carbocycles. The van der Waals surface area contributed by atoms with Crippen LogP contribution >= 0.6 is 0 Å². The summed E-state index contributed by atoms with van der Waals surface area (Å²) in [6.45, 7) is 4.05. The van der Waals surface area contributed by atoms with Gasteiger partial charge in [-0.2, -0.15) is 0 Å². The van der Waals surface area contributed by atoms with E-state index in [1.807, 2.05) is 12.1 Å². The first-order valence-corrected chi connectivity index (χ1v) is 7.55. The lowest BCUT2D eigenvalue weighted by Crippen LogP contribution is -2.27. The molecule has 0 saturated heterocycles. The first kappa shape index (κ1) is 14.4. The summed E-state index contributed by atoms with van der Waals surface area (Å²) in [4.78, 5) is 2.27. The first-order chi connectivity index (χ1) is 10.1. The van der Waals surface area contributed by atoms with Gasteiger partial charge >= 0.3 is 0 Å². The average Bonchev–Trinajstić information content (AvgIpc) is 2.86. The van der Waals surface area contributed by atoms with Crippen molar-refractivity contribution >= 4 is 0 Å². The second-order valence-corrected chi connectivity index (χ2v) is 5.87. The minimum absolute atomic E-state index is 0.0157. The summed E-state index contributed by atoms with van der Waals surface area (Å²) < 4.78 is 11.6. The van der Waals surface area contributed by atoms with Gasteiger partial charge in [0.25, 0.3) is 0 Å². The third-order valence-corrected chi connectivity index (χ3v) is 4.47. The molecule has 0 radical (unpaired) electrons. The van der Waals surface area contributed by atoms with E-state index < -0.39 is 6.10 Å². The lowest BCUT2D eigenvalue weighted by atomic mass is 9.85. The third-order valence-electron chi connectivity index (χ3n) is 4.47. The highest BCUT2D eigenvalue weighted by Gasteiger charge is 2.39. The summed E-state index contributed by atoms with van der Waals surface area (Å²) in [6.07, 6.45) is 4.21. The lowest BCUT2D eigenvalue weighted by Gasteiger charge is -2.24. The van der Waals surface area contributed by atoms with Gasteiger partial charge in [0.2, 0.25) is 0 Å². The van der Waals surface area contributed by atoms with Crippen LogP contribution < -0.4 is 9.47 Å². The molecule has 0 saturated carbocycles. The van der Waals surface area contributed by atoms with Gasteiger partial charge in [-0.3, -0.25) is 0 Å². The number of fused-ring (bicyclic) bond motifs is 3. The smallest absolute Gasteiger partial charge is 0.165 e. The molecule has 2 aliphatic rings. The van der Waals surface area contributed by atoms with Crippen molar-refractivity contribution in [1.82, 2.24) is 4.90 Å². The van der Waals surface area contributed by atoms with E-state index >= 15 is 0 Å². The summed E-state index contributed by atoms with van der Waals surface area (Å²) in [5, 5.41) is 9.81. The molecule has 1 aromatic carbocycles. The number of methoxy groups -OCH3 is 1. The third kappa shape index (κ3) is 2.54. The van der Waals surface area contributed by atoms with Crippen LogP contribution in [0.5, 0.6) is 11.5 Å². The molecule has 0 aromatic heterocycles. The highest BCUT2D eigenvalue weighted by atomic mass is 16.5. The molecule has 1 aliphatic heterocycles. The Balaban J connectivity index is 2.02. The summed E-state index contributed by atoms with van der Waals surface area (Å²) >= 11 is 0. The predicted octanol–water partition coefficient (Wildman–Crippen LogP) is 2.31. The Morgan fingerprint density at radius 1 is 1.38 bits per heavy atom. The van der Waals surface area contributed by atoms with E-state index in [0.29, 0.717) is 6.42 Å². The summed E-state index contributed by atoms with van der Waals surface area (Å²) in [5.41, 5.74) is 2.51. The van der Waals surface area contributed by atoms with E-state index in [2.05, 4.69) is 31.0 Å². The van der Waals surface area contributed by atoms with Crippen LogP contribution in [0.15, 0.2) is 24.3 Å². The Morgan fingerprint density at radius 3 is 2.90 bits per heavy atom. The van der Waals surface area contributed by atoms with Crippen molar-refractivity contribution in [2.45, 2.75) is 38.0 Å². The second kappa shape index (κ2) is 5.70. The Kier molecular flexibility index (Phi) is 3.91. The van der Waals surface area contributed by atoms with Gasteiger partial charge in [0.15, 0.2) is 11.5 Å². The molecular weight excluding hydrogens is 266 g/mol. The number of nitrogens with zero attached hydrogens (tertiary/aromatic N) is 1. The van der Waals surface area contributed by atoms with E-state index in [4.69, 9.17) is 9.47 Å². The largest absolute Gasteiger partial charge is 0.493 e. The predicted molar refractivity (Wildman–Crippen MR) is 81.9 cm³/mol. The van der Waals surface area contributed by atoms with Crippen LogP contribution in [0.3, 0.4) is 0 Å². The maximum atomic E-state index is 9.81. The molecule has 114 valence electrons. The first-order valence-electron chi connectivity index (χ1n) is 7.55. The molecule has 1 N–H and O–H groups in total. The number of aliphatic hydroxyl groups is 1. The fourth-order valence-electron chi connectivity index (χ4n) is 3.20. The van der Waals surface area contributed by atoms with Crippen LogP contribution in [0.2, 0.25) is 0 Å². The monoisotopic (exact) mass is 289 g/mol. The highest BCUT2D eigenvalue weighted by Crippen LogP contribution is 2.49. The van der Waals surface area contributed by atoms with Crippen LogP contribution in [0.4, 0.5) is 0 Å². The number of ether oxygens (including phenoxy) is 2. The molecule has 1 aromatic rings. The quantitative estimate of drug-likeness (QED) is 0.864. The number of aliphatic hydroxyl groups excluding tert-OH is 1. The minimum Gasteiger partial charge on any atom is -0.493 e. The maximum Gasteiger partial charge on any atom is 0.165 e.